The van der Waals surface area contributed by atoms with Crippen molar-refractivity contribution in [2.75, 3.05) is 19.6 Å². The molecule has 3 N–H and O–H groups in total. The molecule has 0 unspecified atom stereocenters. The molecule has 0 aliphatic rings. The number of nitrogens with one attached hydrogen (secondary N) is 3. The molecule has 0 aliphatic heterocycles. The van der Waals surface area contributed by atoms with Gasteiger partial charge in [0.15, 0.2) is 0 Å². The van der Waals surface area contributed by atoms with Crippen LogP contribution in [0.1, 0.15) is 26.6 Å². The van der Waals surface area contributed by atoms with Gasteiger partial charge in [-0.1, -0.05) is 0 Å². The Bertz CT molecular complexity index is 343. The molecule has 0 saturated heterocycles. The minimum atomic E-state index is -0.448. The van der Waals surface area contributed by atoms with Gasteiger partial charge in [-0.25, -0.2) is 9.78 Å². The zero-order valence-corrected chi connectivity index (χ0v) is 11.2. The van der Waals surface area contributed by atoms with Crippen LogP contribution in [0.3, 0.4) is 0 Å². The monoisotopic (exact) mass is 254 g/mol. The highest BCUT2D eigenvalue weighted by Gasteiger charge is 2.15. The minimum absolute atomic E-state index is 0.379. The lowest BCUT2D eigenvalue weighted by Crippen LogP contribution is -2.36. The number of hydrogen-bond donors (Lipinski definition) is 3. The molecule has 18 heavy (non-hydrogen) atoms. The summed E-state index contributed by atoms with van der Waals surface area (Å²) in [6, 6.07) is 0. The van der Waals surface area contributed by atoms with Gasteiger partial charge in [0.1, 0.15) is 11.4 Å². The molecule has 1 amide bonds. The van der Waals surface area contributed by atoms with E-state index in [0.717, 1.165) is 18.8 Å². The maximum absolute atomic E-state index is 11.3. The number of imidazole rings is 1. The second-order valence-corrected chi connectivity index (χ2v) is 4.96. The lowest BCUT2D eigenvalue weighted by atomic mass is 10.2. The summed E-state index contributed by atoms with van der Waals surface area (Å²) in [5.74, 6) is 0.961. The molecule has 102 valence electrons. The second kappa shape index (κ2) is 7.00. The number of aromatic nitrogens is 2. The fourth-order valence-corrected chi connectivity index (χ4v) is 1.33. The fourth-order valence-electron chi connectivity index (χ4n) is 1.33. The Morgan fingerprint density at radius 1 is 1.39 bits per heavy atom. The lowest BCUT2D eigenvalue weighted by molar-refractivity contribution is 0.0528. The lowest BCUT2D eigenvalue weighted by Gasteiger charge is -2.19. The number of H-pyrrole nitrogens is 1. The van der Waals surface area contributed by atoms with Gasteiger partial charge in [-0.05, 0) is 20.8 Å². The van der Waals surface area contributed by atoms with Crippen molar-refractivity contribution in [3.05, 3.63) is 18.2 Å². The van der Waals surface area contributed by atoms with Crippen LogP contribution in [0.2, 0.25) is 0 Å². The Morgan fingerprint density at radius 3 is 2.78 bits per heavy atom. The van der Waals surface area contributed by atoms with E-state index in [-0.39, 0.29) is 6.09 Å². The van der Waals surface area contributed by atoms with Crippen LogP contribution in [-0.4, -0.2) is 41.3 Å². The van der Waals surface area contributed by atoms with Crippen molar-refractivity contribution in [3.63, 3.8) is 0 Å². The zero-order chi connectivity index (χ0) is 13.4. The van der Waals surface area contributed by atoms with Crippen LogP contribution in [0.5, 0.6) is 0 Å². The van der Waals surface area contributed by atoms with Gasteiger partial charge in [-0.3, -0.25) is 0 Å². The van der Waals surface area contributed by atoms with E-state index in [9.17, 15) is 4.79 Å². The summed E-state index contributed by atoms with van der Waals surface area (Å²) in [6.45, 7) is 7.60. The standard InChI is InChI=1S/C12H22N4O2/c1-12(2,3)18-11(17)16-7-6-13-5-4-10-14-8-9-15-10/h8-9,13H,4-7H2,1-3H3,(H,14,15)(H,16,17). The number of carbonyl (C=O) groups is 1. The zero-order valence-electron chi connectivity index (χ0n) is 11.2. The molecule has 1 aromatic rings. The number of ether oxygens (including phenoxy) is 1. The first kappa shape index (κ1) is 14.5. The molecule has 0 spiro atoms. The van der Waals surface area contributed by atoms with Gasteiger partial charge in [0.25, 0.3) is 0 Å². The van der Waals surface area contributed by atoms with Crippen LogP contribution in [0.25, 0.3) is 0 Å². The summed E-state index contributed by atoms with van der Waals surface area (Å²) in [7, 11) is 0. The van der Waals surface area contributed by atoms with Gasteiger partial charge in [-0.2, -0.15) is 0 Å². The first-order valence-electron chi connectivity index (χ1n) is 6.13. The number of hydrogen-bond acceptors (Lipinski definition) is 4. The average Bonchev–Trinajstić information content (AvgIpc) is 2.73. The highest BCUT2D eigenvalue weighted by molar-refractivity contribution is 5.67. The molecule has 1 aromatic heterocycles. The highest BCUT2D eigenvalue weighted by Crippen LogP contribution is 2.05. The summed E-state index contributed by atoms with van der Waals surface area (Å²) in [5.41, 5.74) is -0.448. The number of rotatable bonds is 6. The third-order valence-electron chi connectivity index (χ3n) is 2.06. The first-order valence-corrected chi connectivity index (χ1v) is 6.13. The van der Waals surface area contributed by atoms with Crippen molar-refractivity contribution in [1.82, 2.24) is 20.6 Å². The molecule has 0 aromatic carbocycles. The van der Waals surface area contributed by atoms with Crippen LogP contribution in [0.15, 0.2) is 12.4 Å². The Morgan fingerprint density at radius 2 is 2.17 bits per heavy atom. The Hall–Kier alpha value is -1.56. The van der Waals surface area contributed by atoms with Gasteiger partial charge >= 0.3 is 6.09 Å². The maximum atomic E-state index is 11.3. The van der Waals surface area contributed by atoms with Crippen molar-refractivity contribution in [1.29, 1.82) is 0 Å². The predicted octanol–water partition coefficient (Wildman–Crippen LogP) is 1.07. The summed E-state index contributed by atoms with van der Waals surface area (Å²) >= 11 is 0. The molecule has 0 bridgehead atoms. The van der Waals surface area contributed by atoms with Gasteiger partial charge in [0, 0.05) is 38.4 Å². The Balaban J connectivity index is 1.97. The van der Waals surface area contributed by atoms with E-state index < -0.39 is 5.60 Å². The molecule has 0 fully saturated rings. The minimum Gasteiger partial charge on any atom is -0.444 e. The maximum Gasteiger partial charge on any atom is 0.407 e. The van der Waals surface area contributed by atoms with E-state index in [0.29, 0.717) is 13.1 Å². The summed E-state index contributed by atoms with van der Waals surface area (Å²) < 4.78 is 5.11. The van der Waals surface area contributed by atoms with E-state index in [2.05, 4.69) is 20.6 Å². The second-order valence-electron chi connectivity index (χ2n) is 4.96. The number of aromatic amines is 1. The molecular formula is C12H22N4O2. The largest absolute Gasteiger partial charge is 0.444 e. The topological polar surface area (TPSA) is 79.0 Å². The molecule has 1 rings (SSSR count). The smallest absolute Gasteiger partial charge is 0.407 e. The summed E-state index contributed by atoms with van der Waals surface area (Å²) in [5, 5.41) is 5.90. The number of alkyl carbamates (subject to hydrolysis) is 1. The van der Waals surface area contributed by atoms with E-state index in [1.807, 2.05) is 20.8 Å². The Labute approximate surface area is 108 Å². The van der Waals surface area contributed by atoms with Crippen LogP contribution in [0.4, 0.5) is 4.79 Å². The molecule has 0 atom stereocenters. The van der Waals surface area contributed by atoms with E-state index in [4.69, 9.17) is 4.74 Å². The van der Waals surface area contributed by atoms with Crippen LogP contribution < -0.4 is 10.6 Å². The number of carbonyl (C=O) groups excluding carboxylic acids is 1. The number of amides is 1. The normalized spacial score (nSPS) is 11.3. The van der Waals surface area contributed by atoms with E-state index in [1.54, 1.807) is 12.4 Å². The molecule has 6 heteroatoms. The van der Waals surface area contributed by atoms with Gasteiger partial charge in [0.05, 0.1) is 0 Å². The van der Waals surface area contributed by atoms with Gasteiger partial charge < -0.3 is 20.4 Å². The van der Waals surface area contributed by atoms with Crippen molar-refractivity contribution in [3.8, 4) is 0 Å². The van der Waals surface area contributed by atoms with Crippen molar-refractivity contribution in [2.24, 2.45) is 0 Å². The van der Waals surface area contributed by atoms with Gasteiger partial charge in [-0.15, -0.1) is 0 Å². The van der Waals surface area contributed by atoms with Crippen molar-refractivity contribution < 1.29 is 9.53 Å². The predicted molar refractivity (Wildman–Crippen MR) is 69.4 cm³/mol. The number of nitrogens with zero attached hydrogens (tertiary/aromatic N) is 1. The quantitative estimate of drug-likeness (QED) is 0.663. The summed E-state index contributed by atoms with van der Waals surface area (Å²) in [6.07, 6.45) is 4.01. The molecular weight excluding hydrogens is 232 g/mol. The third-order valence-corrected chi connectivity index (χ3v) is 2.06. The molecule has 0 aliphatic carbocycles. The molecule has 0 saturated carbocycles. The highest BCUT2D eigenvalue weighted by atomic mass is 16.6. The Kier molecular flexibility index (Phi) is 5.64. The fraction of sp³-hybridized carbons (Fsp3) is 0.667. The SMILES string of the molecule is CC(C)(C)OC(=O)NCCNCCc1ncc[nH]1. The first-order chi connectivity index (χ1) is 8.47. The summed E-state index contributed by atoms with van der Waals surface area (Å²) in [4.78, 5) is 18.5. The van der Waals surface area contributed by atoms with Crippen molar-refractivity contribution >= 4 is 6.09 Å². The molecule has 0 radical (unpaired) electrons. The van der Waals surface area contributed by atoms with Crippen molar-refractivity contribution in [2.45, 2.75) is 32.8 Å². The third kappa shape index (κ3) is 6.90. The molecule has 1 heterocycles. The average molecular weight is 254 g/mol. The van der Waals surface area contributed by atoms with E-state index >= 15 is 0 Å². The van der Waals surface area contributed by atoms with Crippen LogP contribution in [0, 0.1) is 0 Å². The van der Waals surface area contributed by atoms with Crippen LogP contribution in [-0.2, 0) is 11.2 Å². The van der Waals surface area contributed by atoms with Gasteiger partial charge in [0.2, 0.25) is 0 Å². The molecule has 6 nitrogen and oxygen atoms in total. The van der Waals surface area contributed by atoms with E-state index in [1.165, 1.54) is 0 Å². The van der Waals surface area contributed by atoms with Crippen LogP contribution >= 0.6 is 0 Å².